The van der Waals surface area contributed by atoms with E-state index in [1.165, 1.54) is 11.1 Å². The molecule has 0 aliphatic carbocycles. The van der Waals surface area contributed by atoms with Crippen LogP contribution in [0.4, 0.5) is 0 Å². The molecule has 19 heavy (non-hydrogen) atoms. The largest absolute Gasteiger partial charge is 0.361 e. The lowest BCUT2D eigenvalue weighted by Gasteiger charge is -2.06. The fourth-order valence-corrected chi connectivity index (χ4v) is 2.97. The molecule has 1 aromatic carbocycles. The fourth-order valence-electron chi connectivity index (χ4n) is 2.11. The predicted molar refractivity (Wildman–Crippen MR) is 78.5 cm³/mol. The number of hydrogen-bond donors (Lipinski definition) is 2. The lowest BCUT2D eigenvalue weighted by molar-refractivity contribution is 0.0952. The molecule has 0 bridgehead atoms. The van der Waals surface area contributed by atoms with Gasteiger partial charge in [0.05, 0.1) is 11.1 Å². The lowest BCUT2D eigenvalue weighted by Crippen LogP contribution is -2.23. The average molecular weight is 270 g/mol. The van der Waals surface area contributed by atoms with Crippen LogP contribution in [0.15, 0.2) is 41.2 Å². The Morgan fingerprint density at radius 3 is 3.00 bits per heavy atom. The second-order valence-corrected chi connectivity index (χ2v) is 5.25. The molecule has 0 radical (unpaired) electrons. The third-order valence-electron chi connectivity index (χ3n) is 3.23. The van der Waals surface area contributed by atoms with Gasteiger partial charge in [-0.15, -0.1) is 0 Å². The Kier molecular flexibility index (Phi) is 3.09. The van der Waals surface area contributed by atoms with Gasteiger partial charge in [0.15, 0.2) is 0 Å². The molecule has 4 heteroatoms. The number of para-hydroxylation sites is 1. The molecule has 1 amide bonds. The zero-order valence-corrected chi connectivity index (χ0v) is 11.4. The first-order valence-electron chi connectivity index (χ1n) is 6.11. The quantitative estimate of drug-likeness (QED) is 0.752. The highest BCUT2D eigenvalue weighted by atomic mass is 32.1. The molecule has 2 N–H and O–H groups in total. The Morgan fingerprint density at radius 1 is 1.32 bits per heavy atom. The molecule has 0 spiro atoms. The number of aromatic amines is 1. The van der Waals surface area contributed by atoms with Crippen molar-refractivity contribution in [2.24, 2.45) is 0 Å². The number of H-pyrrole nitrogens is 1. The van der Waals surface area contributed by atoms with E-state index in [0.717, 1.165) is 10.9 Å². The summed E-state index contributed by atoms with van der Waals surface area (Å²) in [5.74, 6) is -0.0429. The molecule has 96 valence electrons. The molecular weight excluding hydrogens is 256 g/mol. The van der Waals surface area contributed by atoms with E-state index in [2.05, 4.69) is 28.0 Å². The molecule has 0 aliphatic rings. The van der Waals surface area contributed by atoms with Gasteiger partial charge in [-0.2, -0.15) is 11.3 Å². The van der Waals surface area contributed by atoms with Crippen molar-refractivity contribution in [1.82, 2.24) is 10.3 Å². The standard InChI is InChI=1S/C15H14N2OS/c1-10-8-19-9-12(10)7-17-15(18)13-4-2-3-11-5-6-16-14(11)13/h2-6,8-9,16H,7H2,1H3,(H,17,18). The zero-order chi connectivity index (χ0) is 13.2. The van der Waals surface area contributed by atoms with Gasteiger partial charge in [-0.05, 0) is 40.9 Å². The SMILES string of the molecule is Cc1cscc1CNC(=O)c1cccc2cc[nH]c12. The highest BCUT2D eigenvalue weighted by Gasteiger charge is 2.10. The Balaban J connectivity index is 1.81. The maximum Gasteiger partial charge on any atom is 0.253 e. The summed E-state index contributed by atoms with van der Waals surface area (Å²) in [5, 5.41) is 8.19. The highest BCUT2D eigenvalue weighted by Crippen LogP contribution is 2.17. The first-order valence-corrected chi connectivity index (χ1v) is 7.06. The predicted octanol–water partition coefficient (Wildman–Crippen LogP) is 3.47. The van der Waals surface area contributed by atoms with Crippen LogP contribution in [0.3, 0.4) is 0 Å². The summed E-state index contributed by atoms with van der Waals surface area (Å²) >= 11 is 1.66. The fraction of sp³-hybridized carbons (Fsp3) is 0.133. The van der Waals surface area contributed by atoms with Crippen LogP contribution in [0.5, 0.6) is 0 Å². The molecule has 3 nitrogen and oxygen atoms in total. The summed E-state index contributed by atoms with van der Waals surface area (Å²) < 4.78 is 0. The van der Waals surface area contributed by atoms with E-state index in [-0.39, 0.29) is 5.91 Å². The molecule has 0 fully saturated rings. The number of amides is 1. The van der Waals surface area contributed by atoms with E-state index in [0.29, 0.717) is 12.1 Å². The van der Waals surface area contributed by atoms with Crippen LogP contribution in [-0.2, 0) is 6.54 Å². The normalized spacial score (nSPS) is 10.8. The van der Waals surface area contributed by atoms with Gasteiger partial charge < -0.3 is 10.3 Å². The number of carbonyl (C=O) groups is 1. The van der Waals surface area contributed by atoms with Crippen LogP contribution in [0, 0.1) is 6.92 Å². The minimum absolute atomic E-state index is 0.0429. The smallest absolute Gasteiger partial charge is 0.253 e. The number of nitrogens with one attached hydrogen (secondary N) is 2. The van der Waals surface area contributed by atoms with Crippen molar-refractivity contribution >= 4 is 28.1 Å². The summed E-state index contributed by atoms with van der Waals surface area (Å²) in [6.45, 7) is 2.63. The van der Waals surface area contributed by atoms with E-state index < -0.39 is 0 Å². The van der Waals surface area contributed by atoms with Gasteiger partial charge in [0.25, 0.3) is 5.91 Å². The number of carbonyl (C=O) groups excluding carboxylic acids is 1. The van der Waals surface area contributed by atoms with Crippen molar-refractivity contribution in [1.29, 1.82) is 0 Å². The molecule has 0 atom stereocenters. The van der Waals surface area contributed by atoms with E-state index in [4.69, 9.17) is 0 Å². The van der Waals surface area contributed by atoms with Crippen LogP contribution in [0.2, 0.25) is 0 Å². The molecule has 2 aromatic heterocycles. The molecule has 0 aliphatic heterocycles. The number of aromatic nitrogens is 1. The van der Waals surface area contributed by atoms with E-state index in [1.54, 1.807) is 11.3 Å². The first-order chi connectivity index (χ1) is 9.25. The Bertz CT molecular complexity index is 726. The molecule has 2 heterocycles. The van der Waals surface area contributed by atoms with Crippen LogP contribution in [0.25, 0.3) is 10.9 Å². The topological polar surface area (TPSA) is 44.9 Å². The monoisotopic (exact) mass is 270 g/mol. The maximum atomic E-state index is 12.2. The molecule has 0 saturated carbocycles. The number of rotatable bonds is 3. The van der Waals surface area contributed by atoms with Crippen molar-refractivity contribution in [3.63, 3.8) is 0 Å². The summed E-state index contributed by atoms with van der Waals surface area (Å²) in [6.07, 6.45) is 1.85. The van der Waals surface area contributed by atoms with Crippen LogP contribution >= 0.6 is 11.3 Å². The molecule has 0 unspecified atom stereocenters. The second kappa shape index (κ2) is 4.90. The van der Waals surface area contributed by atoms with Crippen molar-refractivity contribution in [3.05, 3.63) is 57.9 Å². The van der Waals surface area contributed by atoms with Gasteiger partial charge in [0.2, 0.25) is 0 Å². The minimum atomic E-state index is -0.0429. The van der Waals surface area contributed by atoms with Crippen molar-refractivity contribution < 1.29 is 4.79 Å². The maximum absolute atomic E-state index is 12.2. The third kappa shape index (κ3) is 2.27. The number of aryl methyl sites for hydroxylation is 1. The Morgan fingerprint density at radius 2 is 2.21 bits per heavy atom. The third-order valence-corrected chi connectivity index (χ3v) is 4.14. The van der Waals surface area contributed by atoms with E-state index in [1.807, 2.05) is 30.5 Å². The van der Waals surface area contributed by atoms with Crippen LogP contribution < -0.4 is 5.32 Å². The number of fused-ring (bicyclic) bond motifs is 1. The van der Waals surface area contributed by atoms with Crippen molar-refractivity contribution in [2.45, 2.75) is 13.5 Å². The Labute approximate surface area is 115 Å². The summed E-state index contributed by atoms with van der Waals surface area (Å²) in [6, 6.07) is 7.70. The second-order valence-electron chi connectivity index (χ2n) is 4.51. The van der Waals surface area contributed by atoms with Crippen LogP contribution in [0.1, 0.15) is 21.5 Å². The van der Waals surface area contributed by atoms with Crippen LogP contribution in [-0.4, -0.2) is 10.9 Å². The van der Waals surface area contributed by atoms with Gasteiger partial charge in [-0.25, -0.2) is 0 Å². The average Bonchev–Trinajstić information content (AvgIpc) is 3.04. The van der Waals surface area contributed by atoms with Gasteiger partial charge in [0, 0.05) is 18.1 Å². The number of benzene rings is 1. The zero-order valence-electron chi connectivity index (χ0n) is 10.6. The van der Waals surface area contributed by atoms with E-state index in [9.17, 15) is 4.79 Å². The van der Waals surface area contributed by atoms with Gasteiger partial charge in [-0.3, -0.25) is 4.79 Å². The lowest BCUT2D eigenvalue weighted by atomic mass is 10.1. The van der Waals surface area contributed by atoms with Crippen molar-refractivity contribution in [2.75, 3.05) is 0 Å². The number of thiophene rings is 1. The van der Waals surface area contributed by atoms with Crippen molar-refractivity contribution in [3.8, 4) is 0 Å². The minimum Gasteiger partial charge on any atom is -0.361 e. The first kappa shape index (κ1) is 12.0. The summed E-state index contributed by atoms with van der Waals surface area (Å²) in [5.41, 5.74) is 3.98. The molecule has 0 saturated heterocycles. The molecule has 3 aromatic rings. The number of hydrogen-bond acceptors (Lipinski definition) is 2. The van der Waals surface area contributed by atoms with E-state index >= 15 is 0 Å². The van der Waals surface area contributed by atoms with Gasteiger partial charge in [0.1, 0.15) is 0 Å². The van der Waals surface area contributed by atoms with Gasteiger partial charge >= 0.3 is 0 Å². The van der Waals surface area contributed by atoms with Gasteiger partial charge in [-0.1, -0.05) is 12.1 Å². The molecule has 3 rings (SSSR count). The summed E-state index contributed by atoms with van der Waals surface area (Å²) in [4.78, 5) is 15.4. The summed E-state index contributed by atoms with van der Waals surface area (Å²) in [7, 11) is 0. The Hall–Kier alpha value is -2.07. The highest BCUT2D eigenvalue weighted by molar-refractivity contribution is 7.08. The molecular formula is C15H14N2OS.